The van der Waals surface area contributed by atoms with Crippen molar-refractivity contribution in [2.75, 3.05) is 6.54 Å². The van der Waals surface area contributed by atoms with E-state index in [2.05, 4.69) is 15.3 Å². The van der Waals surface area contributed by atoms with Crippen LogP contribution in [0, 0.1) is 0 Å². The molecule has 0 saturated heterocycles. The highest BCUT2D eigenvalue weighted by Crippen LogP contribution is 2.05. The molecule has 19 heavy (non-hydrogen) atoms. The van der Waals surface area contributed by atoms with Gasteiger partial charge in [-0.3, -0.25) is 4.79 Å². The van der Waals surface area contributed by atoms with Crippen LogP contribution in [0.2, 0.25) is 0 Å². The van der Waals surface area contributed by atoms with Crippen LogP contribution in [0.5, 0.6) is 0 Å². The fourth-order valence-corrected chi connectivity index (χ4v) is 1.62. The van der Waals surface area contributed by atoms with E-state index in [-0.39, 0.29) is 11.5 Å². The Kier molecular flexibility index (Phi) is 3.92. The molecule has 6 nitrogen and oxygen atoms in total. The summed E-state index contributed by atoms with van der Waals surface area (Å²) < 4.78 is 0. The average molecular weight is 259 g/mol. The van der Waals surface area contributed by atoms with Crippen molar-refractivity contribution in [1.82, 2.24) is 15.3 Å². The summed E-state index contributed by atoms with van der Waals surface area (Å²) in [7, 11) is 0. The molecule has 1 heterocycles. The summed E-state index contributed by atoms with van der Waals surface area (Å²) in [4.78, 5) is 29.6. The molecule has 1 aromatic heterocycles. The van der Waals surface area contributed by atoms with Crippen molar-refractivity contribution in [1.29, 1.82) is 0 Å². The molecule has 0 aliphatic heterocycles. The number of carboxylic acids is 1. The van der Waals surface area contributed by atoms with Gasteiger partial charge in [-0.1, -0.05) is 6.07 Å². The van der Waals surface area contributed by atoms with Crippen molar-refractivity contribution in [2.24, 2.45) is 0 Å². The molecule has 0 atom stereocenters. The first-order valence-electron chi connectivity index (χ1n) is 5.76. The zero-order chi connectivity index (χ0) is 13.7. The summed E-state index contributed by atoms with van der Waals surface area (Å²) in [6, 6.07) is 5.92. The number of aromatic amines is 1. The number of hydrogen-bond donors (Lipinski definition) is 3. The number of carbonyl (C=O) groups is 2. The highest BCUT2D eigenvalue weighted by molar-refractivity contribution is 5.97. The number of carboxylic acid groups (broad SMARTS) is 1. The molecule has 0 fully saturated rings. The standard InChI is InChI=1S/C13H13N3O3/c17-12(16-5-4-11-14-6-7-15-11)9-2-1-3-10(8-9)13(18)19/h1-3,6-8H,4-5H2,(H,14,15)(H,16,17)(H,18,19). The van der Waals surface area contributed by atoms with Gasteiger partial charge in [0.2, 0.25) is 0 Å². The monoisotopic (exact) mass is 259 g/mol. The van der Waals surface area contributed by atoms with Crippen LogP contribution in [0.25, 0.3) is 0 Å². The molecular weight excluding hydrogens is 246 g/mol. The van der Waals surface area contributed by atoms with Crippen LogP contribution < -0.4 is 5.32 Å². The van der Waals surface area contributed by atoms with E-state index < -0.39 is 5.97 Å². The number of rotatable bonds is 5. The largest absolute Gasteiger partial charge is 0.478 e. The van der Waals surface area contributed by atoms with Crippen molar-refractivity contribution in [2.45, 2.75) is 6.42 Å². The highest BCUT2D eigenvalue weighted by Gasteiger charge is 2.09. The van der Waals surface area contributed by atoms with E-state index in [0.717, 1.165) is 5.82 Å². The third-order valence-corrected chi connectivity index (χ3v) is 2.57. The van der Waals surface area contributed by atoms with Crippen LogP contribution in [-0.4, -0.2) is 33.5 Å². The lowest BCUT2D eigenvalue weighted by Crippen LogP contribution is -2.26. The van der Waals surface area contributed by atoms with Crippen LogP contribution in [0.15, 0.2) is 36.7 Å². The molecule has 3 N–H and O–H groups in total. The summed E-state index contributed by atoms with van der Waals surface area (Å²) in [6.45, 7) is 0.434. The van der Waals surface area contributed by atoms with Crippen molar-refractivity contribution in [3.63, 3.8) is 0 Å². The number of imidazole rings is 1. The second-order valence-electron chi connectivity index (χ2n) is 3.93. The number of carbonyl (C=O) groups excluding carboxylic acids is 1. The van der Waals surface area contributed by atoms with Gasteiger partial charge in [0.15, 0.2) is 0 Å². The third kappa shape index (κ3) is 3.41. The number of nitrogens with one attached hydrogen (secondary N) is 2. The number of nitrogens with zero attached hydrogens (tertiary/aromatic N) is 1. The van der Waals surface area contributed by atoms with Crippen molar-refractivity contribution in [3.05, 3.63) is 53.6 Å². The molecule has 0 bridgehead atoms. The van der Waals surface area contributed by atoms with Crippen LogP contribution in [0.3, 0.4) is 0 Å². The van der Waals surface area contributed by atoms with Gasteiger partial charge in [0, 0.05) is 30.9 Å². The van der Waals surface area contributed by atoms with E-state index >= 15 is 0 Å². The number of hydrogen-bond acceptors (Lipinski definition) is 3. The number of aromatic carboxylic acids is 1. The van der Waals surface area contributed by atoms with Gasteiger partial charge in [-0.05, 0) is 18.2 Å². The van der Waals surface area contributed by atoms with Gasteiger partial charge in [-0.25, -0.2) is 9.78 Å². The van der Waals surface area contributed by atoms with Gasteiger partial charge in [0.1, 0.15) is 5.82 Å². The Bertz CT molecular complexity index is 579. The predicted octanol–water partition coefficient (Wildman–Crippen LogP) is 1.08. The predicted molar refractivity (Wildman–Crippen MR) is 68.0 cm³/mol. The molecule has 0 spiro atoms. The Morgan fingerprint density at radius 2 is 2.11 bits per heavy atom. The van der Waals surface area contributed by atoms with E-state index in [9.17, 15) is 9.59 Å². The molecule has 0 unspecified atom stereocenters. The van der Waals surface area contributed by atoms with Crippen LogP contribution in [0.1, 0.15) is 26.5 Å². The molecule has 1 amide bonds. The number of H-pyrrole nitrogens is 1. The minimum absolute atomic E-state index is 0.0960. The second-order valence-corrected chi connectivity index (χ2v) is 3.93. The highest BCUT2D eigenvalue weighted by atomic mass is 16.4. The summed E-state index contributed by atoms with van der Waals surface area (Å²) in [5, 5.41) is 11.6. The van der Waals surface area contributed by atoms with Crippen LogP contribution in [0.4, 0.5) is 0 Å². The third-order valence-electron chi connectivity index (χ3n) is 2.57. The quantitative estimate of drug-likeness (QED) is 0.748. The maximum Gasteiger partial charge on any atom is 0.335 e. The molecule has 2 aromatic rings. The smallest absolute Gasteiger partial charge is 0.335 e. The van der Waals surface area contributed by atoms with Crippen molar-refractivity contribution >= 4 is 11.9 Å². The molecule has 2 rings (SSSR count). The second kappa shape index (κ2) is 5.81. The Morgan fingerprint density at radius 1 is 1.32 bits per heavy atom. The lowest BCUT2D eigenvalue weighted by Gasteiger charge is -2.04. The summed E-state index contributed by atoms with van der Waals surface area (Å²) in [5.74, 6) is -0.556. The van der Waals surface area contributed by atoms with E-state index in [1.54, 1.807) is 24.5 Å². The van der Waals surface area contributed by atoms with Gasteiger partial charge < -0.3 is 15.4 Å². The number of aromatic nitrogens is 2. The van der Waals surface area contributed by atoms with E-state index in [1.165, 1.54) is 12.1 Å². The first kappa shape index (κ1) is 12.8. The normalized spacial score (nSPS) is 10.1. The van der Waals surface area contributed by atoms with Gasteiger partial charge in [0.25, 0.3) is 5.91 Å². The first-order valence-corrected chi connectivity index (χ1v) is 5.76. The molecule has 6 heteroatoms. The average Bonchev–Trinajstić information content (AvgIpc) is 2.92. The maximum absolute atomic E-state index is 11.8. The summed E-state index contributed by atoms with van der Waals surface area (Å²) in [5.41, 5.74) is 0.429. The van der Waals surface area contributed by atoms with Crippen molar-refractivity contribution in [3.8, 4) is 0 Å². The SMILES string of the molecule is O=C(O)c1cccc(C(=O)NCCc2ncc[nH]2)c1. The zero-order valence-corrected chi connectivity index (χ0v) is 10.1. The molecule has 0 aliphatic carbocycles. The van der Waals surface area contributed by atoms with Crippen molar-refractivity contribution < 1.29 is 14.7 Å². The summed E-state index contributed by atoms with van der Waals surface area (Å²) >= 11 is 0. The minimum atomic E-state index is -1.05. The van der Waals surface area contributed by atoms with Gasteiger partial charge in [-0.2, -0.15) is 0 Å². The van der Waals surface area contributed by atoms with E-state index in [1.807, 2.05) is 0 Å². The molecule has 0 aliphatic rings. The molecule has 0 radical (unpaired) electrons. The fraction of sp³-hybridized carbons (Fsp3) is 0.154. The number of amides is 1. The summed E-state index contributed by atoms with van der Waals surface area (Å²) in [6.07, 6.45) is 3.96. The molecule has 0 saturated carbocycles. The lowest BCUT2D eigenvalue weighted by molar-refractivity contribution is 0.0697. The van der Waals surface area contributed by atoms with E-state index in [4.69, 9.17) is 5.11 Å². The zero-order valence-electron chi connectivity index (χ0n) is 10.1. The van der Waals surface area contributed by atoms with Gasteiger partial charge in [-0.15, -0.1) is 0 Å². The Balaban J connectivity index is 1.92. The van der Waals surface area contributed by atoms with Crippen LogP contribution in [-0.2, 0) is 6.42 Å². The Labute approximate surface area is 109 Å². The van der Waals surface area contributed by atoms with Gasteiger partial charge >= 0.3 is 5.97 Å². The fourth-order valence-electron chi connectivity index (χ4n) is 1.62. The minimum Gasteiger partial charge on any atom is -0.478 e. The van der Waals surface area contributed by atoms with E-state index in [0.29, 0.717) is 18.5 Å². The lowest BCUT2D eigenvalue weighted by atomic mass is 10.1. The molecule has 98 valence electrons. The topological polar surface area (TPSA) is 95.1 Å². The Hall–Kier alpha value is -2.63. The van der Waals surface area contributed by atoms with Gasteiger partial charge in [0.05, 0.1) is 5.56 Å². The van der Waals surface area contributed by atoms with Crippen LogP contribution >= 0.6 is 0 Å². The molecule has 1 aromatic carbocycles. The first-order chi connectivity index (χ1) is 9.16. The number of benzene rings is 1. The Morgan fingerprint density at radius 3 is 2.79 bits per heavy atom. The molecular formula is C13H13N3O3. The maximum atomic E-state index is 11.8.